The van der Waals surface area contributed by atoms with Gasteiger partial charge in [-0.3, -0.25) is 4.98 Å². The number of rotatable bonds is 5. The van der Waals surface area contributed by atoms with E-state index < -0.39 is 0 Å². The molecule has 0 aliphatic rings. The van der Waals surface area contributed by atoms with Crippen molar-refractivity contribution in [3.63, 3.8) is 0 Å². The van der Waals surface area contributed by atoms with Crippen molar-refractivity contribution >= 4 is 22.9 Å². The molecule has 2 aromatic heterocycles. The van der Waals surface area contributed by atoms with Gasteiger partial charge in [-0.1, -0.05) is 12.2 Å². The summed E-state index contributed by atoms with van der Waals surface area (Å²) in [4.78, 5) is 4.45. The largest absolute Gasteiger partial charge is 0.469 e. The van der Waals surface area contributed by atoms with Gasteiger partial charge in [-0.25, -0.2) is 0 Å². The number of furan rings is 1. The van der Waals surface area contributed by atoms with Gasteiger partial charge in [-0.05, 0) is 24.3 Å². The molecule has 0 radical (unpaired) electrons. The van der Waals surface area contributed by atoms with Gasteiger partial charge in [-0.2, -0.15) is 0 Å². The summed E-state index contributed by atoms with van der Waals surface area (Å²) in [5, 5.41) is 3.24. The van der Waals surface area contributed by atoms with E-state index in [1.54, 1.807) is 18.5 Å². The van der Waals surface area contributed by atoms with Crippen LogP contribution >= 0.6 is 12.2 Å². The van der Waals surface area contributed by atoms with E-state index in [-0.39, 0.29) is 0 Å². The zero-order valence-electron chi connectivity index (χ0n) is 9.22. The number of nitrogens with zero attached hydrogens (tertiary/aromatic N) is 1. The number of aromatic nitrogens is 1. The van der Waals surface area contributed by atoms with Crippen LogP contribution in [0.15, 0.2) is 41.1 Å². The van der Waals surface area contributed by atoms with Gasteiger partial charge in [0.25, 0.3) is 0 Å². The van der Waals surface area contributed by atoms with E-state index in [2.05, 4.69) is 10.3 Å². The molecule has 2 rings (SSSR count). The smallest absolute Gasteiger partial charge is 0.122 e. The van der Waals surface area contributed by atoms with Gasteiger partial charge in [0.2, 0.25) is 0 Å². The van der Waals surface area contributed by atoms with Crippen LogP contribution in [0.1, 0.15) is 11.5 Å². The number of anilines is 1. The third-order valence-corrected chi connectivity index (χ3v) is 2.51. The summed E-state index contributed by atoms with van der Waals surface area (Å²) < 4.78 is 5.23. The highest BCUT2D eigenvalue weighted by Gasteiger charge is 1.99. The van der Waals surface area contributed by atoms with Crippen LogP contribution < -0.4 is 11.1 Å². The van der Waals surface area contributed by atoms with Crippen molar-refractivity contribution in [3.8, 4) is 0 Å². The van der Waals surface area contributed by atoms with E-state index in [1.807, 2.05) is 18.2 Å². The Morgan fingerprint density at radius 1 is 1.41 bits per heavy atom. The highest BCUT2D eigenvalue weighted by molar-refractivity contribution is 7.80. The molecule has 0 spiro atoms. The minimum absolute atomic E-state index is 0.312. The second kappa shape index (κ2) is 5.45. The first-order chi connectivity index (χ1) is 8.25. The molecular formula is C12H13N3OS. The van der Waals surface area contributed by atoms with Crippen LogP contribution in [0.4, 0.5) is 5.69 Å². The molecule has 3 N–H and O–H groups in total. The van der Waals surface area contributed by atoms with Gasteiger partial charge in [0, 0.05) is 13.0 Å². The molecule has 0 aliphatic heterocycles. The van der Waals surface area contributed by atoms with Crippen molar-refractivity contribution < 1.29 is 4.42 Å². The topological polar surface area (TPSA) is 64.1 Å². The van der Waals surface area contributed by atoms with Crippen molar-refractivity contribution in [2.24, 2.45) is 5.73 Å². The average Bonchev–Trinajstić information content (AvgIpc) is 2.83. The third kappa shape index (κ3) is 3.29. The highest BCUT2D eigenvalue weighted by Crippen LogP contribution is 2.07. The standard InChI is InChI=1S/C12H13N3OS/c13-12(17)11-4-3-9(8-15-11)14-6-5-10-2-1-7-16-10/h1-4,7-8,14H,5-6H2,(H2,13,17). The molecule has 88 valence electrons. The molecule has 0 aliphatic carbocycles. The Labute approximate surface area is 105 Å². The van der Waals surface area contributed by atoms with Crippen LogP contribution in [0.25, 0.3) is 0 Å². The summed E-state index contributed by atoms with van der Waals surface area (Å²) in [5.74, 6) is 0.963. The molecule has 17 heavy (non-hydrogen) atoms. The first-order valence-electron chi connectivity index (χ1n) is 5.28. The Morgan fingerprint density at radius 3 is 2.88 bits per heavy atom. The third-order valence-electron chi connectivity index (χ3n) is 2.30. The monoisotopic (exact) mass is 247 g/mol. The minimum Gasteiger partial charge on any atom is -0.469 e. The fourth-order valence-electron chi connectivity index (χ4n) is 1.43. The van der Waals surface area contributed by atoms with Gasteiger partial charge in [0.1, 0.15) is 10.7 Å². The first kappa shape index (κ1) is 11.6. The van der Waals surface area contributed by atoms with Crippen molar-refractivity contribution in [3.05, 3.63) is 48.2 Å². The Bertz CT molecular complexity index is 479. The number of nitrogens with one attached hydrogen (secondary N) is 1. The van der Waals surface area contributed by atoms with Gasteiger partial charge in [-0.15, -0.1) is 0 Å². The van der Waals surface area contributed by atoms with Gasteiger partial charge >= 0.3 is 0 Å². The lowest BCUT2D eigenvalue weighted by Gasteiger charge is -2.05. The lowest BCUT2D eigenvalue weighted by atomic mass is 10.3. The lowest BCUT2D eigenvalue weighted by Crippen LogP contribution is -2.12. The average molecular weight is 247 g/mol. The fourth-order valence-corrected chi connectivity index (χ4v) is 1.55. The predicted molar refractivity (Wildman–Crippen MR) is 71.0 cm³/mol. The van der Waals surface area contributed by atoms with Crippen molar-refractivity contribution in [1.29, 1.82) is 0 Å². The van der Waals surface area contributed by atoms with E-state index in [4.69, 9.17) is 22.4 Å². The van der Waals surface area contributed by atoms with Crippen molar-refractivity contribution in [2.45, 2.75) is 6.42 Å². The first-order valence-corrected chi connectivity index (χ1v) is 5.68. The predicted octanol–water partition coefficient (Wildman–Crippen LogP) is 1.96. The molecule has 0 amide bonds. The number of thiocarbonyl (C=S) groups is 1. The molecule has 4 nitrogen and oxygen atoms in total. The molecule has 0 aromatic carbocycles. The van der Waals surface area contributed by atoms with Gasteiger partial charge in [0.05, 0.1) is 23.8 Å². The second-order valence-corrected chi connectivity index (χ2v) is 3.99. The molecule has 2 heterocycles. The molecule has 0 bridgehead atoms. The molecule has 0 saturated carbocycles. The molecule has 0 atom stereocenters. The number of pyridine rings is 1. The van der Waals surface area contributed by atoms with E-state index in [1.165, 1.54) is 0 Å². The number of hydrogen-bond acceptors (Lipinski definition) is 4. The summed E-state index contributed by atoms with van der Waals surface area (Å²) in [6, 6.07) is 7.55. The van der Waals surface area contributed by atoms with E-state index in [9.17, 15) is 0 Å². The highest BCUT2D eigenvalue weighted by atomic mass is 32.1. The Kier molecular flexibility index (Phi) is 3.72. The Morgan fingerprint density at radius 2 is 2.29 bits per heavy atom. The normalized spacial score (nSPS) is 10.1. The van der Waals surface area contributed by atoms with Crippen LogP contribution in [0.3, 0.4) is 0 Å². The van der Waals surface area contributed by atoms with Crippen LogP contribution in [-0.2, 0) is 6.42 Å². The SMILES string of the molecule is NC(=S)c1ccc(NCCc2ccco2)cn1. The van der Waals surface area contributed by atoms with E-state index in [0.717, 1.165) is 24.4 Å². The number of nitrogens with two attached hydrogens (primary N) is 1. The maximum absolute atomic E-state index is 5.46. The lowest BCUT2D eigenvalue weighted by molar-refractivity contribution is 0.513. The Hall–Kier alpha value is -1.88. The molecule has 0 saturated heterocycles. The van der Waals surface area contributed by atoms with Gasteiger partial charge < -0.3 is 15.5 Å². The molecule has 0 unspecified atom stereocenters. The maximum Gasteiger partial charge on any atom is 0.122 e. The van der Waals surface area contributed by atoms with Gasteiger partial charge in [0.15, 0.2) is 0 Å². The van der Waals surface area contributed by atoms with E-state index >= 15 is 0 Å². The van der Waals surface area contributed by atoms with Crippen LogP contribution in [0.2, 0.25) is 0 Å². The molecule has 0 fully saturated rings. The summed E-state index contributed by atoms with van der Waals surface area (Å²) in [5.41, 5.74) is 7.04. The van der Waals surface area contributed by atoms with E-state index in [0.29, 0.717) is 10.7 Å². The quantitative estimate of drug-likeness (QED) is 0.791. The summed E-state index contributed by atoms with van der Waals surface area (Å²) in [6.07, 6.45) is 4.23. The summed E-state index contributed by atoms with van der Waals surface area (Å²) >= 11 is 4.83. The maximum atomic E-state index is 5.46. The molecular weight excluding hydrogens is 234 g/mol. The van der Waals surface area contributed by atoms with Crippen molar-refractivity contribution in [1.82, 2.24) is 4.98 Å². The number of hydrogen-bond donors (Lipinski definition) is 2. The van der Waals surface area contributed by atoms with Crippen LogP contribution in [-0.4, -0.2) is 16.5 Å². The summed E-state index contributed by atoms with van der Waals surface area (Å²) in [7, 11) is 0. The molecule has 2 aromatic rings. The van der Waals surface area contributed by atoms with Crippen molar-refractivity contribution in [2.75, 3.05) is 11.9 Å². The fraction of sp³-hybridized carbons (Fsp3) is 0.167. The zero-order valence-corrected chi connectivity index (χ0v) is 10.0. The Balaban J connectivity index is 1.85. The minimum atomic E-state index is 0.312. The van der Waals surface area contributed by atoms with Crippen LogP contribution in [0.5, 0.6) is 0 Å². The second-order valence-electron chi connectivity index (χ2n) is 3.55. The summed E-state index contributed by atoms with van der Waals surface area (Å²) in [6.45, 7) is 0.793. The zero-order chi connectivity index (χ0) is 12.1. The van der Waals surface area contributed by atoms with Crippen LogP contribution in [0, 0.1) is 0 Å². The molecule has 5 heteroatoms.